The standard InChI is InChI=1S/C26H29ClN6O3/c1-17-14-18-15-22(35-2)23(36-3)16-20(18)24(19-6-4-5-7-21(19)27)33(17)26-28-25(29-30-26)32-10-8-31(9-11-32)12-13-34/h4-7,14-16,34H,8-13H2,1-3H3. The van der Waals surface area contributed by atoms with Crippen LogP contribution in [-0.2, 0) is 0 Å². The van der Waals surface area contributed by atoms with Crippen LogP contribution in [0.15, 0.2) is 42.5 Å². The molecule has 10 heteroatoms. The van der Waals surface area contributed by atoms with E-state index < -0.39 is 0 Å². The first-order valence-electron chi connectivity index (χ1n) is 11.9. The fraction of sp³-hybridized carbons (Fsp3) is 0.346. The molecule has 0 atom stereocenters. The maximum absolute atomic E-state index is 9.22. The maximum atomic E-state index is 9.22. The van der Waals surface area contributed by atoms with Gasteiger partial charge in [0.05, 0.1) is 26.5 Å². The second-order valence-electron chi connectivity index (χ2n) is 8.71. The van der Waals surface area contributed by atoms with Gasteiger partial charge in [0, 0.05) is 54.4 Å². The quantitative estimate of drug-likeness (QED) is 0.381. The SMILES string of the molecule is COc1cc2cc(C)[n+](-c3nnc(N4CCN(CCO)CC4)[n-]3)c(-c3ccccc3Cl)c2cc1OC. The number of hydrogen-bond donors (Lipinski definition) is 1. The van der Waals surface area contributed by atoms with E-state index in [9.17, 15) is 5.11 Å². The highest BCUT2D eigenvalue weighted by Gasteiger charge is 2.23. The lowest BCUT2D eigenvalue weighted by molar-refractivity contribution is -0.597. The number of halogens is 1. The average Bonchev–Trinajstić information content (AvgIpc) is 3.38. The Bertz CT molecular complexity index is 1380. The number of aliphatic hydroxyl groups is 1. The number of fused-ring (bicyclic) bond motifs is 1. The number of methoxy groups -OCH3 is 2. The Morgan fingerprint density at radius 1 is 1.03 bits per heavy atom. The fourth-order valence-electron chi connectivity index (χ4n) is 4.75. The Hall–Kier alpha value is -3.40. The van der Waals surface area contributed by atoms with Gasteiger partial charge in [0.25, 0.3) is 5.95 Å². The third-order valence-corrected chi connectivity index (χ3v) is 6.91. The largest absolute Gasteiger partial charge is 0.493 e. The van der Waals surface area contributed by atoms with Crippen LogP contribution >= 0.6 is 11.6 Å². The summed E-state index contributed by atoms with van der Waals surface area (Å²) in [6.45, 7) is 6.11. The first-order chi connectivity index (χ1) is 17.5. The van der Waals surface area contributed by atoms with Crippen molar-refractivity contribution >= 4 is 28.3 Å². The lowest BCUT2D eigenvalue weighted by Crippen LogP contribution is -2.47. The minimum absolute atomic E-state index is 0.165. The third-order valence-electron chi connectivity index (χ3n) is 6.58. The van der Waals surface area contributed by atoms with Crippen LogP contribution in [0.25, 0.3) is 28.0 Å². The highest BCUT2D eigenvalue weighted by Crippen LogP contribution is 2.38. The number of anilines is 1. The minimum atomic E-state index is 0.165. The molecular weight excluding hydrogens is 480 g/mol. The molecule has 4 aromatic rings. The van der Waals surface area contributed by atoms with E-state index in [0.717, 1.165) is 53.9 Å². The number of aromatic nitrogens is 4. The van der Waals surface area contributed by atoms with Crippen molar-refractivity contribution in [2.45, 2.75) is 6.92 Å². The van der Waals surface area contributed by atoms with Crippen molar-refractivity contribution in [3.8, 4) is 28.7 Å². The third kappa shape index (κ3) is 4.45. The van der Waals surface area contributed by atoms with Gasteiger partial charge in [-0.2, -0.15) is 4.98 Å². The van der Waals surface area contributed by atoms with E-state index in [-0.39, 0.29) is 6.61 Å². The number of pyridine rings is 1. The molecule has 5 rings (SSSR count). The van der Waals surface area contributed by atoms with Gasteiger partial charge in [0.15, 0.2) is 11.5 Å². The summed E-state index contributed by atoms with van der Waals surface area (Å²) in [7, 11) is 3.25. The molecule has 3 heterocycles. The summed E-state index contributed by atoms with van der Waals surface area (Å²) in [5.41, 5.74) is 2.63. The van der Waals surface area contributed by atoms with E-state index >= 15 is 0 Å². The van der Waals surface area contributed by atoms with Crippen molar-refractivity contribution in [3.05, 3.63) is 53.2 Å². The highest BCUT2D eigenvalue weighted by molar-refractivity contribution is 6.33. The zero-order chi connectivity index (χ0) is 25.2. The Morgan fingerprint density at radius 3 is 2.44 bits per heavy atom. The van der Waals surface area contributed by atoms with Crippen LogP contribution in [0.5, 0.6) is 11.5 Å². The van der Waals surface area contributed by atoms with Crippen molar-refractivity contribution in [3.63, 3.8) is 0 Å². The molecule has 36 heavy (non-hydrogen) atoms. The predicted molar refractivity (Wildman–Crippen MR) is 138 cm³/mol. The van der Waals surface area contributed by atoms with E-state index in [4.69, 9.17) is 26.1 Å². The molecular formula is C26H29ClN6O3. The lowest BCUT2D eigenvalue weighted by atomic mass is 10.0. The van der Waals surface area contributed by atoms with Gasteiger partial charge >= 0.3 is 0 Å². The first kappa shape index (κ1) is 24.3. The van der Waals surface area contributed by atoms with Crippen LogP contribution in [0.4, 0.5) is 5.95 Å². The van der Waals surface area contributed by atoms with Gasteiger partial charge in [0.1, 0.15) is 0 Å². The summed E-state index contributed by atoms with van der Waals surface area (Å²) in [6, 6.07) is 13.7. The van der Waals surface area contributed by atoms with Gasteiger partial charge in [-0.25, -0.2) is 0 Å². The van der Waals surface area contributed by atoms with Crippen LogP contribution in [0.2, 0.25) is 5.02 Å². The molecule has 0 saturated carbocycles. The average molecular weight is 509 g/mol. The van der Waals surface area contributed by atoms with E-state index in [1.165, 1.54) is 0 Å². The van der Waals surface area contributed by atoms with Crippen LogP contribution in [0.3, 0.4) is 0 Å². The van der Waals surface area contributed by atoms with E-state index in [1.54, 1.807) is 14.2 Å². The second kappa shape index (κ2) is 10.3. The van der Waals surface area contributed by atoms with Crippen molar-refractivity contribution in [2.24, 2.45) is 0 Å². The summed E-state index contributed by atoms with van der Waals surface area (Å²) >= 11 is 6.71. The highest BCUT2D eigenvalue weighted by atomic mass is 35.5. The number of aliphatic hydroxyl groups excluding tert-OH is 1. The zero-order valence-electron chi connectivity index (χ0n) is 20.6. The Balaban J connectivity index is 1.65. The van der Waals surface area contributed by atoms with Gasteiger partial charge in [-0.15, -0.1) is 10.2 Å². The monoisotopic (exact) mass is 508 g/mol. The molecule has 1 fully saturated rings. The van der Waals surface area contributed by atoms with E-state index in [0.29, 0.717) is 35.0 Å². The Kier molecular flexibility index (Phi) is 6.95. The zero-order valence-corrected chi connectivity index (χ0v) is 21.4. The lowest BCUT2D eigenvalue weighted by Gasteiger charge is -2.33. The molecule has 0 spiro atoms. The van der Waals surface area contributed by atoms with Gasteiger partial charge in [-0.1, -0.05) is 29.8 Å². The molecule has 0 amide bonds. The van der Waals surface area contributed by atoms with Crippen LogP contribution in [-0.4, -0.2) is 73.8 Å². The molecule has 0 aliphatic carbocycles. The molecule has 1 aliphatic heterocycles. The summed E-state index contributed by atoms with van der Waals surface area (Å²) in [6.07, 6.45) is 0. The maximum Gasteiger partial charge on any atom is 0.257 e. The minimum Gasteiger partial charge on any atom is -0.493 e. The first-order valence-corrected chi connectivity index (χ1v) is 12.2. The van der Waals surface area contributed by atoms with Crippen LogP contribution in [0.1, 0.15) is 5.69 Å². The van der Waals surface area contributed by atoms with Crippen molar-refractivity contribution in [1.82, 2.24) is 20.1 Å². The molecule has 9 nitrogen and oxygen atoms in total. The summed E-state index contributed by atoms with van der Waals surface area (Å²) in [5.74, 6) is 2.35. The predicted octanol–water partition coefficient (Wildman–Crippen LogP) is 2.62. The molecule has 0 radical (unpaired) electrons. The topological polar surface area (TPSA) is 88.9 Å². The van der Waals surface area contributed by atoms with Crippen LogP contribution in [0, 0.1) is 6.92 Å². The summed E-state index contributed by atoms with van der Waals surface area (Å²) in [4.78, 5) is 9.19. The number of ether oxygens (including phenoxy) is 2. The van der Waals surface area contributed by atoms with Crippen molar-refractivity contribution < 1.29 is 19.1 Å². The number of hydrogen-bond acceptors (Lipinski definition) is 7. The fourth-order valence-corrected chi connectivity index (χ4v) is 4.97. The normalized spacial score (nSPS) is 14.4. The molecule has 2 aromatic heterocycles. The second-order valence-corrected chi connectivity index (χ2v) is 9.12. The molecule has 0 unspecified atom stereocenters. The number of benzene rings is 2. The Morgan fingerprint density at radius 2 is 1.75 bits per heavy atom. The summed E-state index contributed by atoms with van der Waals surface area (Å²) in [5, 5.41) is 20.7. The Labute approximate surface area is 214 Å². The molecule has 188 valence electrons. The number of rotatable bonds is 7. The van der Waals surface area contributed by atoms with E-state index in [1.807, 2.05) is 47.9 Å². The smallest absolute Gasteiger partial charge is 0.257 e. The molecule has 0 bridgehead atoms. The molecule has 1 N–H and O–H groups in total. The number of β-amino-alcohol motifs (C(OH)–C–C–N with tert-alkyl or cyclic N) is 1. The van der Waals surface area contributed by atoms with Gasteiger partial charge in [0.2, 0.25) is 5.95 Å². The number of aryl methyl sites for hydroxylation is 1. The van der Waals surface area contributed by atoms with Gasteiger partial charge < -0.3 is 19.5 Å². The van der Waals surface area contributed by atoms with E-state index in [2.05, 4.69) is 26.1 Å². The van der Waals surface area contributed by atoms with Crippen molar-refractivity contribution in [1.29, 1.82) is 0 Å². The van der Waals surface area contributed by atoms with Gasteiger partial charge in [-0.05, 0) is 36.6 Å². The van der Waals surface area contributed by atoms with Crippen LogP contribution < -0.4 is 23.9 Å². The number of piperazine rings is 1. The van der Waals surface area contributed by atoms with Gasteiger partial charge in [-0.3, -0.25) is 9.47 Å². The molecule has 1 saturated heterocycles. The molecule has 1 aliphatic rings. The number of nitrogens with zero attached hydrogens (tertiary/aromatic N) is 6. The summed E-state index contributed by atoms with van der Waals surface area (Å²) < 4.78 is 13.2. The van der Waals surface area contributed by atoms with Crippen molar-refractivity contribution in [2.75, 3.05) is 58.5 Å². The molecule has 2 aromatic carbocycles.